The molecule has 3 heterocycles. The van der Waals surface area contributed by atoms with E-state index in [1.807, 2.05) is 0 Å². The third kappa shape index (κ3) is 4.57. The van der Waals surface area contributed by atoms with Crippen molar-refractivity contribution in [3.8, 4) is 0 Å². The molecule has 1 fully saturated rings. The third-order valence-corrected chi connectivity index (χ3v) is 6.20. The molecule has 0 aromatic carbocycles. The van der Waals surface area contributed by atoms with Crippen LogP contribution in [-0.4, -0.2) is 69.2 Å². The van der Waals surface area contributed by atoms with Crippen molar-refractivity contribution in [2.24, 2.45) is 0 Å². The first-order chi connectivity index (χ1) is 13.2. The molecule has 0 saturated carbocycles. The zero-order valence-electron chi connectivity index (χ0n) is 14.5. The minimum Gasteiger partial charge on any atom is -0.387 e. The lowest BCUT2D eigenvalue weighted by Crippen LogP contribution is -2.43. The van der Waals surface area contributed by atoms with Crippen molar-refractivity contribution < 1.29 is 47.6 Å². The number of nitrogens with two attached hydrogens (primary N) is 1. The fraction of sp³-hybridized carbons (Fsp3) is 0.545. The number of nitrogens with one attached hydrogen (secondary N) is 2. The van der Waals surface area contributed by atoms with E-state index < -0.39 is 51.7 Å². The third-order valence-electron chi connectivity index (χ3n) is 4.05. The number of nitrogens with zero attached hydrogens (tertiary/aromatic N) is 2. The Morgan fingerprint density at radius 3 is 2.55 bits per heavy atom. The van der Waals surface area contributed by atoms with Gasteiger partial charge < -0.3 is 40.3 Å². The highest BCUT2D eigenvalue weighted by Gasteiger charge is 2.54. The van der Waals surface area contributed by atoms with Gasteiger partial charge in [0.25, 0.3) is 5.56 Å². The number of rotatable bonds is 6. The molecule has 162 valence electrons. The molecule has 1 saturated heterocycles. The Balaban J connectivity index is 1.82. The number of aromatic nitrogens is 4. The molecule has 9 N–H and O–H groups in total. The summed E-state index contributed by atoms with van der Waals surface area (Å²) < 4.78 is 35.7. The highest BCUT2D eigenvalue weighted by atomic mass is 31.3. The number of hydrogen-bond donors (Lipinski definition) is 8. The van der Waals surface area contributed by atoms with Gasteiger partial charge in [0.1, 0.15) is 29.7 Å². The summed E-state index contributed by atoms with van der Waals surface area (Å²) in [5.41, 5.74) is 2.63. The van der Waals surface area contributed by atoms with Crippen LogP contribution in [0.2, 0.25) is 0 Å². The summed E-state index contributed by atoms with van der Waals surface area (Å²) >= 11 is 0. The molecule has 1 aliphatic rings. The average molecular weight is 457 g/mol. The second-order valence-corrected chi connectivity index (χ2v) is 9.16. The molecule has 2 aromatic heterocycles. The van der Waals surface area contributed by atoms with Crippen molar-refractivity contribution in [3.63, 3.8) is 0 Å². The number of imidazole rings is 1. The number of aliphatic hydroxyl groups excluding tert-OH is 1. The van der Waals surface area contributed by atoms with E-state index in [4.69, 9.17) is 20.3 Å². The smallest absolute Gasteiger partial charge is 0.387 e. The van der Waals surface area contributed by atoms with Gasteiger partial charge in [0.15, 0.2) is 11.2 Å². The number of anilines is 1. The molecular formula is C11H17N5O11P2. The summed E-state index contributed by atoms with van der Waals surface area (Å²) in [6.45, 7) is 0.291. The van der Waals surface area contributed by atoms with Gasteiger partial charge in [-0.15, -0.1) is 0 Å². The summed E-state index contributed by atoms with van der Waals surface area (Å²) in [4.78, 5) is 51.0. The predicted molar refractivity (Wildman–Crippen MR) is 92.1 cm³/mol. The number of aromatic amines is 2. The van der Waals surface area contributed by atoms with Crippen LogP contribution in [0, 0.1) is 0 Å². The summed E-state index contributed by atoms with van der Waals surface area (Å²) in [6, 6.07) is 0. The maximum absolute atomic E-state index is 11.9. The van der Waals surface area contributed by atoms with Crippen LogP contribution in [0.1, 0.15) is 18.9 Å². The monoisotopic (exact) mass is 457 g/mol. The average Bonchev–Trinajstić information content (AvgIpc) is 3.04. The highest BCUT2D eigenvalue weighted by Crippen LogP contribution is 2.58. The summed E-state index contributed by atoms with van der Waals surface area (Å²) in [7, 11) is -10.5. The Morgan fingerprint density at radius 2 is 1.93 bits per heavy atom. The molecule has 0 spiro atoms. The number of nitrogen functional groups attached to an aromatic ring is 1. The first-order valence-corrected chi connectivity index (χ1v) is 10.8. The number of hydrogen-bond acceptors (Lipinski definition) is 11. The minimum atomic E-state index is -5.33. The number of H-pyrrole nitrogens is 2. The van der Waals surface area contributed by atoms with Gasteiger partial charge in [-0.2, -0.15) is 9.29 Å². The lowest BCUT2D eigenvalue weighted by molar-refractivity contribution is -0.0671. The number of fused-ring (bicyclic) bond motifs is 1. The molecular weight excluding hydrogens is 440 g/mol. The fourth-order valence-electron chi connectivity index (χ4n) is 2.78. The Morgan fingerprint density at radius 1 is 1.28 bits per heavy atom. The quantitative estimate of drug-likeness (QED) is 0.218. The standard InChI is InChI=1S/C11H17N5O11P2/c1-11(19)5(17)3(2-25-29(23,24)27-28(20,21)22)26-6(11)8-13-4-7(14-8)15-10(12)16-9(4)18/h3,5-6,17,19H,2H2,1H3,(H,23,24)(H2,20,21,22)(H4,12,13,14,15,16,18)/t3-,5-,6+,11-/m1/s1. The van der Waals surface area contributed by atoms with Crippen LogP contribution in [-0.2, 0) is 22.7 Å². The molecule has 1 unspecified atom stereocenters. The lowest BCUT2D eigenvalue weighted by atomic mass is 9.92. The van der Waals surface area contributed by atoms with Crippen LogP contribution in [0.5, 0.6) is 0 Å². The second kappa shape index (κ2) is 7.21. The molecule has 5 atom stereocenters. The lowest BCUT2D eigenvalue weighted by Gasteiger charge is -2.25. The topological polar surface area (TPSA) is 263 Å². The van der Waals surface area contributed by atoms with Crippen molar-refractivity contribution in [2.75, 3.05) is 12.3 Å². The number of ether oxygens (including phenoxy) is 1. The Hall–Kier alpha value is -1.71. The van der Waals surface area contributed by atoms with E-state index in [2.05, 4.69) is 28.8 Å². The first kappa shape index (κ1) is 22.0. The van der Waals surface area contributed by atoms with E-state index in [1.54, 1.807) is 0 Å². The molecule has 1 aliphatic heterocycles. The van der Waals surface area contributed by atoms with Crippen molar-refractivity contribution >= 4 is 32.8 Å². The van der Waals surface area contributed by atoms with Crippen molar-refractivity contribution in [2.45, 2.75) is 30.8 Å². The summed E-state index contributed by atoms with van der Waals surface area (Å²) in [6.07, 6.45) is -4.48. The first-order valence-electron chi connectivity index (χ1n) is 7.75. The van der Waals surface area contributed by atoms with E-state index in [0.717, 1.165) is 0 Å². The van der Waals surface area contributed by atoms with Gasteiger partial charge >= 0.3 is 15.6 Å². The van der Waals surface area contributed by atoms with Gasteiger partial charge in [0, 0.05) is 0 Å². The van der Waals surface area contributed by atoms with Crippen molar-refractivity contribution in [3.05, 3.63) is 16.2 Å². The summed E-state index contributed by atoms with van der Waals surface area (Å²) in [5, 5.41) is 20.9. The van der Waals surface area contributed by atoms with Gasteiger partial charge in [0.2, 0.25) is 5.95 Å². The Bertz CT molecular complexity index is 1080. The van der Waals surface area contributed by atoms with E-state index in [1.165, 1.54) is 6.92 Å². The van der Waals surface area contributed by atoms with E-state index in [-0.39, 0.29) is 22.9 Å². The Kier molecular flexibility index (Phi) is 5.47. The zero-order valence-corrected chi connectivity index (χ0v) is 16.3. The van der Waals surface area contributed by atoms with Gasteiger partial charge in [-0.05, 0) is 6.92 Å². The van der Waals surface area contributed by atoms with E-state index >= 15 is 0 Å². The van der Waals surface area contributed by atoms with Crippen LogP contribution in [0.3, 0.4) is 0 Å². The maximum atomic E-state index is 11.9. The van der Waals surface area contributed by atoms with Crippen molar-refractivity contribution in [1.82, 2.24) is 19.9 Å². The number of phosphoric ester groups is 1. The van der Waals surface area contributed by atoms with E-state index in [9.17, 15) is 29.0 Å². The number of aliphatic hydroxyl groups is 2. The van der Waals surface area contributed by atoms with Crippen LogP contribution in [0.4, 0.5) is 5.95 Å². The molecule has 2 aromatic rings. The molecule has 0 aliphatic carbocycles. The highest BCUT2D eigenvalue weighted by molar-refractivity contribution is 7.60. The number of phosphoric acid groups is 2. The summed E-state index contributed by atoms with van der Waals surface area (Å²) in [5.74, 6) is -0.302. The molecule has 0 bridgehead atoms. The second-order valence-electron chi connectivity index (χ2n) is 6.33. The SMILES string of the molecule is C[C@@]1(O)[C@H](O)[C@@H](COP(=O)(O)OP(=O)(O)O)O[C@H]1c1nc2nc(N)[nH]c(=O)c2[nH]1. The molecule has 16 nitrogen and oxygen atoms in total. The molecule has 0 radical (unpaired) electrons. The molecule has 3 rings (SSSR count). The Labute approximate surface area is 160 Å². The van der Waals surface area contributed by atoms with Crippen LogP contribution in [0.15, 0.2) is 4.79 Å². The van der Waals surface area contributed by atoms with Crippen LogP contribution >= 0.6 is 15.6 Å². The largest absolute Gasteiger partial charge is 0.481 e. The normalized spacial score (nSPS) is 29.9. The fourth-order valence-corrected chi connectivity index (χ4v) is 4.38. The molecule has 29 heavy (non-hydrogen) atoms. The van der Waals surface area contributed by atoms with Gasteiger partial charge in [-0.1, -0.05) is 0 Å². The van der Waals surface area contributed by atoms with Gasteiger partial charge in [0.05, 0.1) is 6.61 Å². The van der Waals surface area contributed by atoms with Crippen molar-refractivity contribution in [1.29, 1.82) is 0 Å². The minimum absolute atomic E-state index is 0.0716. The van der Waals surface area contributed by atoms with Crippen LogP contribution in [0.25, 0.3) is 11.2 Å². The zero-order chi connectivity index (χ0) is 21.8. The van der Waals surface area contributed by atoms with E-state index in [0.29, 0.717) is 0 Å². The molecule has 0 amide bonds. The van der Waals surface area contributed by atoms with Crippen LogP contribution < -0.4 is 11.3 Å². The molecule has 18 heteroatoms. The van der Waals surface area contributed by atoms with Gasteiger partial charge in [-0.3, -0.25) is 14.3 Å². The van der Waals surface area contributed by atoms with Gasteiger partial charge in [-0.25, -0.2) is 14.1 Å². The maximum Gasteiger partial charge on any atom is 0.481 e. The predicted octanol–water partition coefficient (Wildman–Crippen LogP) is -1.99.